The number of carbonyl (C=O) groups excluding carboxylic acids is 1. The summed E-state index contributed by atoms with van der Waals surface area (Å²) < 4.78 is 4.47. The molecule has 15 nitrogen and oxygen atoms in total. The van der Waals surface area contributed by atoms with E-state index in [1.54, 1.807) is 0 Å². The van der Waals surface area contributed by atoms with Gasteiger partial charge in [-0.3, -0.25) is 4.79 Å². The first-order valence-corrected chi connectivity index (χ1v) is 9.66. The van der Waals surface area contributed by atoms with Gasteiger partial charge in [0.25, 0.3) is 0 Å². The number of aliphatic carboxylic acids is 1. The first kappa shape index (κ1) is 32.8. The van der Waals surface area contributed by atoms with Gasteiger partial charge in [0, 0.05) is 0 Å². The molecule has 0 amide bonds. The van der Waals surface area contributed by atoms with E-state index in [9.17, 15) is 9.59 Å². The van der Waals surface area contributed by atoms with Gasteiger partial charge in [-0.1, -0.05) is 6.42 Å². The monoisotopic (exact) mass is 476 g/mol. The van der Waals surface area contributed by atoms with Crippen LogP contribution < -0.4 is 11.5 Å². The van der Waals surface area contributed by atoms with E-state index in [1.165, 1.54) is 0 Å². The molecule has 0 bridgehead atoms. The summed E-state index contributed by atoms with van der Waals surface area (Å²) >= 11 is 0. The Kier molecular flexibility index (Phi) is 18.6. The lowest BCUT2D eigenvalue weighted by atomic mass is 10.0. The number of carboxylic acid groups (broad SMARTS) is 1. The summed E-state index contributed by atoms with van der Waals surface area (Å²) in [4.78, 5) is 20.0. The van der Waals surface area contributed by atoms with Crippen LogP contribution >= 0.6 is 0 Å². The number of aldehydes is 1. The van der Waals surface area contributed by atoms with E-state index in [0.29, 0.717) is 13.0 Å². The number of carboxylic acids is 1. The van der Waals surface area contributed by atoms with Crippen molar-refractivity contribution in [2.45, 2.75) is 74.3 Å². The molecule has 14 N–H and O–H groups in total. The summed E-state index contributed by atoms with van der Waals surface area (Å²) in [5.74, 6) is -0.933. The minimum atomic E-state index is -1.79. The Morgan fingerprint density at radius 1 is 1.03 bits per heavy atom. The smallest absolute Gasteiger partial charge is 0.320 e. The third-order valence-electron chi connectivity index (χ3n) is 4.18. The lowest BCUT2D eigenvalue weighted by Crippen LogP contribution is -2.52. The Balaban J connectivity index is 0. The summed E-state index contributed by atoms with van der Waals surface area (Å²) in [7, 11) is 0. The number of ether oxygens (including phenoxy) is 1. The van der Waals surface area contributed by atoms with Crippen molar-refractivity contribution in [1.82, 2.24) is 0 Å². The fraction of sp³-hybridized carbons (Fsp3) is 0.882. The maximum absolute atomic E-state index is 10.1. The number of aliphatic hydroxyl groups is 9. The van der Waals surface area contributed by atoms with Crippen molar-refractivity contribution < 1.29 is 65.4 Å². The van der Waals surface area contributed by atoms with E-state index < -0.39 is 67.6 Å². The zero-order valence-corrected chi connectivity index (χ0v) is 17.4. The Morgan fingerprint density at radius 2 is 1.59 bits per heavy atom. The van der Waals surface area contributed by atoms with Crippen LogP contribution in [0.4, 0.5) is 0 Å². The van der Waals surface area contributed by atoms with Gasteiger partial charge in [0.1, 0.15) is 48.8 Å². The average Bonchev–Trinajstić information content (AvgIpc) is 2.78. The average molecular weight is 476 g/mol. The van der Waals surface area contributed by atoms with E-state index in [1.807, 2.05) is 0 Å². The van der Waals surface area contributed by atoms with Crippen LogP contribution in [0.15, 0.2) is 0 Å². The molecule has 1 fully saturated rings. The third kappa shape index (κ3) is 13.3. The Bertz CT molecular complexity index is 487. The Morgan fingerprint density at radius 3 is 2.00 bits per heavy atom. The van der Waals surface area contributed by atoms with Gasteiger partial charge >= 0.3 is 5.97 Å². The molecule has 192 valence electrons. The summed E-state index contributed by atoms with van der Waals surface area (Å²) in [6.45, 7) is -0.310. The Labute approximate surface area is 184 Å². The number of hydrogen-bond donors (Lipinski definition) is 12. The number of hydrogen-bond acceptors (Lipinski definition) is 14. The second kappa shape index (κ2) is 18.1. The van der Waals surface area contributed by atoms with Crippen molar-refractivity contribution in [1.29, 1.82) is 0 Å². The Hall–Kier alpha value is -1.34. The molecule has 1 aliphatic heterocycles. The first-order valence-electron chi connectivity index (χ1n) is 9.66. The van der Waals surface area contributed by atoms with Gasteiger partial charge in [-0.15, -0.1) is 0 Å². The van der Waals surface area contributed by atoms with Crippen molar-refractivity contribution in [3.05, 3.63) is 0 Å². The molecule has 9 atom stereocenters. The van der Waals surface area contributed by atoms with Crippen molar-refractivity contribution in [2.24, 2.45) is 11.5 Å². The van der Waals surface area contributed by atoms with Crippen LogP contribution in [0.2, 0.25) is 0 Å². The number of nitrogens with two attached hydrogens (primary N) is 2. The molecule has 2 unspecified atom stereocenters. The molecule has 1 heterocycles. The fourth-order valence-electron chi connectivity index (χ4n) is 2.04. The van der Waals surface area contributed by atoms with Crippen LogP contribution in [0.25, 0.3) is 0 Å². The predicted molar refractivity (Wildman–Crippen MR) is 106 cm³/mol. The first-order chi connectivity index (χ1) is 14.8. The molecule has 0 radical (unpaired) electrons. The van der Waals surface area contributed by atoms with Gasteiger partial charge in [0.05, 0.1) is 13.2 Å². The maximum Gasteiger partial charge on any atom is 0.320 e. The second-order valence-corrected chi connectivity index (χ2v) is 6.86. The molecule has 0 aromatic heterocycles. The quantitative estimate of drug-likeness (QED) is 0.103. The number of rotatable bonds is 10. The summed E-state index contributed by atoms with van der Waals surface area (Å²) in [6.07, 6.45) is -9.91. The highest BCUT2D eigenvalue weighted by molar-refractivity contribution is 5.72. The molecule has 1 saturated heterocycles. The lowest BCUT2D eigenvalue weighted by molar-refractivity contribution is -0.252. The van der Waals surface area contributed by atoms with Gasteiger partial charge in [0.15, 0.2) is 12.6 Å². The highest BCUT2D eigenvalue weighted by Gasteiger charge is 2.36. The van der Waals surface area contributed by atoms with E-state index in [2.05, 4.69) is 4.74 Å². The van der Waals surface area contributed by atoms with E-state index in [-0.39, 0.29) is 12.9 Å². The highest BCUT2D eigenvalue weighted by Crippen LogP contribution is 2.12. The van der Waals surface area contributed by atoms with Crippen LogP contribution in [0.3, 0.4) is 0 Å². The minimum absolute atomic E-state index is 0.0258. The van der Waals surface area contributed by atoms with E-state index in [4.69, 9.17) is 62.5 Å². The topological polar surface area (TPSA) is 298 Å². The van der Waals surface area contributed by atoms with Crippen LogP contribution in [0.1, 0.15) is 19.3 Å². The molecule has 1 rings (SSSR count). The van der Waals surface area contributed by atoms with Crippen molar-refractivity contribution in [3.8, 4) is 0 Å². The molecule has 32 heavy (non-hydrogen) atoms. The largest absolute Gasteiger partial charge is 0.480 e. The minimum Gasteiger partial charge on any atom is -0.480 e. The molecular formula is C17H36N2O13. The summed E-state index contributed by atoms with van der Waals surface area (Å²) in [5, 5.41) is 87.1. The zero-order valence-electron chi connectivity index (χ0n) is 17.4. The SMILES string of the molecule is NCCCCC(N)C(=O)O.O=C[C@H](O)[C@@H](O)[C@H](O)[C@H](O)CO.OC1OC[C@@H](O)[C@H](O)[C@H]1O. The van der Waals surface area contributed by atoms with Gasteiger partial charge in [-0.2, -0.15) is 0 Å². The van der Waals surface area contributed by atoms with E-state index >= 15 is 0 Å². The maximum atomic E-state index is 10.1. The lowest BCUT2D eigenvalue weighted by Gasteiger charge is -2.31. The zero-order chi connectivity index (χ0) is 25.4. The summed E-state index contributed by atoms with van der Waals surface area (Å²) in [5.41, 5.74) is 10.4. The van der Waals surface area contributed by atoms with Gasteiger partial charge < -0.3 is 72.1 Å². The molecule has 0 spiro atoms. The summed E-state index contributed by atoms with van der Waals surface area (Å²) in [6, 6.07) is -0.716. The molecule has 0 aliphatic carbocycles. The van der Waals surface area contributed by atoms with E-state index in [0.717, 1.165) is 12.8 Å². The van der Waals surface area contributed by atoms with Crippen molar-refractivity contribution in [3.63, 3.8) is 0 Å². The number of aliphatic hydroxyl groups excluding tert-OH is 9. The molecule has 0 aromatic carbocycles. The van der Waals surface area contributed by atoms with Crippen LogP contribution in [0.5, 0.6) is 0 Å². The molecule has 1 aliphatic rings. The van der Waals surface area contributed by atoms with Gasteiger partial charge in [0.2, 0.25) is 0 Å². The molecule has 0 aromatic rings. The molecule has 0 saturated carbocycles. The predicted octanol–water partition coefficient (Wildman–Crippen LogP) is -6.43. The van der Waals surface area contributed by atoms with Gasteiger partial charge in [-0.25, -0.2) is 0 Å². The number of unbranched alkanes of at least 4 members (excludes halogenated alkanes) is 1. The van der Waals surface area contributed by atoms with Crippen LogP contribution in [-0.4, -0.2) is 138 Å². The number of carbonyl (C=O) groups is 2. The molecule has 15 heteroatoms. The third-order valence-corrected chi connectivity index (χ3v) is 4.18. The highest BCUT2D eigenvalue weighted by atomic mass is 16.6. The van der Waals surface area contributed by atoms with Crippen LogP contribution in [-0.2, 0) is 14.3 Å². The van der Waals surface area contributed by atoms with Crippen LogP contribution in [0, 0.1) is 0 Å². The normalized spacial score (nSPS) is 27.3. The fourth-order valence-corrected chi connectivity index (χ4v) is 2.04. The van der Waals surface area contributed by atoms with Crippen molar-refractivity contribution in [2.75, 3.05) is 19.8 Å². The standard InChI is InChI=1S/C6H14N2O2.C6H12O6.C5H10O5/c7-4-2-1-3-5(8)6(9)10;7-1-3(9)5(11)6(12)4(10)2-8;6-2-1-10-5(9)4(8)3(2)7/h5H,1-4,7-8H2,(H,9,10);1,3-6,8-12H,2H2;2-9H,1H2/t;3-,4+,5+,6+;2-,3+,4-,5?/m.01/s1. The second-order valence-electron chi connectivity index (χ2n) is 6.86. The van der Waals surface area contributed by atoms with Crippen molar-refractivity contribution >= 4 is 12.3 Å². The molecular weight excluding hydrogens is 440 g/mol. The van der Waals surface area contributed by atoms with Gasteiger partial charge in [-0.05, 0) is 19.4 Å².